The molecule has 70 valence electrons. The van der Waals surface area contributed by atoms with Gasteiger partial charge in [-0.3, -0.25) is 0 Å². The van der Waals surface area contributed by atoms with E-state index in [0.29, 0.717) is 10.9 Å². The molecule has 0 saturated carbocycles. The molecule has 0 unspecified atom stereocenters. The zero-order chi connectivity index (χ0) is 9.42. The van der Waals surface area contributed by atoms with E-state index in [2.05, 4.69) is 15.3 Å². The molecule has 2 heterocycles. The van der Waals surface area contributed by atoms with Crippen LogP contribution < -0.4 is 0 Å². The second-order valence-corrected chi connectivity index (χ2v) is 4.10. The maximum absolute atomic E-state index is 8.87. The summed E-state index contributed by atoms with van der Waals surface area (Å²) in [4.78, 5) is 0.743. The molecule has 0 aliphatic carbocycles. The van der Waals surface area contributed by atoms with Crippen molar-refractivity contribution in [3.8, 4) is 0 Å². The normalized spacial score (nSPS) is 11.7. The van der Waals surface area contributed by atoms with E-state index in [-0.39, 0.29) is 6.61 Å². The van der Waals surface area contributed by atoms with Crippen LogP contribution in [0.4, 0.5) is 0 Å². The highest BCUT2D eigenvalue weighted by molar-refractivity contribution is 7.16. The first-order chi connectivity index (χ1) is 6.22. The average molecular weight is 198 g/mol. The minimum absolute atomic E-state index is 0.0361. The summed E-state index contributed by atoms with van der Waals surface area (Å²) in [7, 11) is 0. The Hall–Kier alpha value is -1.01. The molecule has 0 aromatic carbocycles. The van der Waals surface area contributed by atoms with Gasteiger partial charge in [-0.15, -0.1) is 10.2 Å². The van der Waals surface area contributed by atoms with E-state index in [1.165, 1.54) is 11.3 Å². The Balaban J connectivity index is 2.58. The molecular weight excluding hydrogens is 188 g/mol. The van der Waals surface area contributed by atoms with Crippen LogP contribution in [0, 0.1) is 0 Å². The number of hydrogen-bond acceptors (Lipinski definition) is 5. The topological polar surface area (TPSA) is 63.3 Å². The van der Waals surface area contributed by atoms with Crippen molar-refractivity contribution in [2.24, 2.45) is 0 Å². The van der Waals surface area contributed by atoms with Crippen LogP contribution in [0.5, 0.6) is 0 Å². The Morgan fingerprint density at radius 2 is 2.23 bits per heavy atom. The van der Waals surface area contributed by atoms with Crippen molar-refractivity contribution >= 4 is 16.3 Å². The van der Waals surface area contributed by atoms with Crippen LogP contribution in [-0.2, 0) is 6.61 Å². The van der Waals surface area contributed by atoms with E-state index in [9.17, 15) is 0 Å². The highest BCUT2D eigenvalue weighted by Gasteiger charge is 2.13. The number of aliphatic hydroxyl groups excluding tert-OH is 1. The molecule has 0 bridgehead atoms. The Bertz CT molecular complexity index is 419. The second kappa shape index (κ2) is 3.04. The number of aliphatic hydroxyl groups is 1. The van der Waals surface area contributed by atoms with E-state index in [1.54, 1.807) is 4.52 Å². The number of fused-ring (bicyclic) bond motifs is 1. The van der Waals surface area contributed by atoms with Gasteiger partial charge in [0.05, 0.1) is 6.61 Å². The summed E-state index contributed by atoms with van der Waals surface area (Å²) in [6.07, 6.45) is 0. The van der Waals surface area contributed by atoms with Gasteiger partial charge in [0, 0.05) is 5.92 Å². The lowest BCUT2D eigenvalue weighted by Gasteiger charge is -1.97. The highest BCUT2D eigenvalue weighted by Crippen LogP contribution is 2.17. The SMILES string of the molecule is CC(C)c1nnc2sc(CO)nn12. The molecular formula is C7H10N4OS. The number of aromatic nitrogens is 4. The Kier molecular flexibility index (Phi) is 2.01. The van der Waals surface area contributed by atoms with Crippen molar-refractivity contribution in [3.05, 3.63) is 10.8 Å². The molecule has 0 atom stereocenters. The van der Waals surface area contributed by atoms with Gasteiger partial charge < -0.3 is 5.11 Å². The summed E-state index contributed by atoms with van der Waals surface area (Å²) < 4.78 is 1.70. The van der Waals surface area contributed by atoms with Crippen molar-refractivity contribution in [2.75, 3.05) is 0 Å². The zero-order valence-electron chi connectivity index (χ0n) is 7.43. The molecule has 5 nitrogen and oxygen atoms in total. The lowest BCUT2D eigenvalue weighted by Crippen LogP contribution is -1.98. The molecule has 1 N–H and O–H groups in total. The molecule has 0 aliphatic rings. The predicted octanol–water partition coefficient (Wildman–Crippen LogP) is 0.801. The van der Waals surface area contributed by atoms with Crippen LogP contribution in [0.15, 0.2) is 0 Å². The Morgan fingerprint density at radius 3 is 2.85 bits per heavy atom. The fourth-order valence-corrected chi connectivity index (χ4v) is 1.80. The van der Waals surface area contributed by atoms with Crippen molar-refractivity contribution in [3.63, 3.8) is 0 Å². The smallest absolute Gasteiger partial charge is 0.234 e. The van der Waals surface area contributed by atoms with E-state index in [0.717, 1.165) is 10.8 Å². The Labute approximate surface area is 79.0 Å². The fourth-order valence-electron chi connectivity index (χ4n) is 1.10. The summed E-state index contributed by atoms with van der Waals surface area (Å²) in [5.41, 5.74) is 0. The lowest BCUT2D eigenvalue weighted by atomic mass is 10.2. The van der Waals surface area contributed by atoms with Gasteiger partial charge in [-0.1, -0.05) is 25.2 Å². The van der Waals surface area contributed by atoms with Gasteiger partial charge in [0.15, 0.2) is 5.82 Å². The third-order valence-corrected chi connectivity index (χ3v) is 2.59. The summed E-state index contributed by atoms with van der Waals surface area (Å²) >= 11 is 1.36. The summed E-state index contributed by atoms with van der Waals surface area (Å²) in [6, 6.07) is 0. The summed E-state index contributed by atoms with van der Waals surface area (Å²) in [5, 5.41) is 21.7. The number of rotatable bonds is 2. The molecule has 6 heteroatoms. The van der Waals surface area contributed by atoms with Crippen molar-refractivity contribution in [1.29, 1.82) is 0 Å². The van der Waals surface area contributed by atoms with Gasteiger partial charge in [0.25, 0.3) is 0 Å². The van der Waals surface area contributed by atoms with Gasteiger partial charge in [0.2, 0.25) is 4.96 Å². The first kappa shape index (κ1) is 8.58. The molecule has 2 aromatic heterocycles. The quantitative estimate of drug-likeness (QED) is 0.775. The lowest BCUT2D eigenvalue weighted by molar-refractivity contribution is 0.279. The van der Waals surface area contributed by atoms with Crippen molar-refractivity contribution in [2.45, 2.75) is 26.4 Å². The molecule has 0 amide bonds. The maximum Gasteiger partial charge on any atom is 0.234 e. The first-order valence-electron chi connectivity index (χ1n) is 4.04. The first-order valence-corrected chi connectivity index (χ1v) is 4.86. The van der Waals surface area contributed by atoms with Gasteiger partial charge in [-0.25, -0.2) is 0 Å². The summed E-state index contributed by atoms with van der Waals surface area (Å²) in [6.45, 7) is 4.04. The second-order valence-electron chi connectivity index (χ2n) is 3.06. The van der Waals surface area contributed by atoms with E-state index < -0.39 is 0 Å². The van der Waals surface area contributed by atoms with Crippen LogP contribution in [0.25, 0.3) is 4.96 Å². The van der Waals surface area contributed by atoms with Crippen molar-refractivity contribution < 1.29 is 5.11 Å². The Morgan fingerprint density at radius 1 is 1.46 bits per heavy atom. The third-order valence-electron chi connectivity index (χ3n) is 1.71. The minimum atomic E-state index is -0.0361. The maximum atomic E-state index is 8.87. The van der Waals surface area contributed by atoms with Crippen LogP contribution in [0.3, 0.4) is 0 Å². The number of hydrogen-bond donors (Lipinski definition) is 1. The zero-order valence-corrected chi connectivity index (χ0v) is 8.25. The van der Waals surface area contributed by atoms with E-state index in [4.69, 9.17) is 5.11 Å². The van der Waals surface area contributed by atoms with Crippen LogP contribution >= 0.6 is 11.3 Å². The summed E-state index contributed by atoms with van der Waals surface area (Å²) in [5.74, 6) is 1.13. The molecule has 0 radical (unpaired) electrons. The van der Waals surface area contributed by atoms with Gasteiger partial charge >= 0.3 is 0 Å². The van der Waals surface area contributed by atoms with E-state index >= 15 is 0 Å². The van der Waals surface area contributed by atoms with Gasteiger partial charge in [-0.2, -0.15) is 9.61 Å². The molecule has 2 rings (SSSR count). The standard InChI is InChI=1S/C7H10N4OS/c1-4(2)6-8-9-7-11(6)10-5(3-12)13-7/h4,12H,3H2,1-2H3. The van der Waals surface area contributed by atoms with Crippen LogP contribution in [-0.4, -0.2) is 24.9 Å². The third kappa shape index (κ3) is 1.31. The minimum Gasteiger partial charge on any atom is -0.389 e. The average Bonchev–Trinajstić information content (AvgIpc) is 2.59. The van der Waals surface area contributed by atoms with Gasteiger partial charge in [-0.05, 0) is 0 Å². The van der Waals surface area contributed by atoms with Crippen LogP contribution in [0.2, 0.25) is 0 Å². The molecule has 0 saturated heterocycles. The van der Waals surface area contributed by atoms with E-state index in [1.807, 2.05) is 13.8 Å². The number of nitrogens with zero attached hydrogens (tertiary/aromatic N) is 4. The van der Waals surface area contributed by atoms with Gasteiger partial charge in [0.1, 0.15) is 5.01 Å². The molecule has 2 aromatic rings. The van der Waals surface area contributed by atoms with Crippen LogP contribution in [0.1, 0.15) is 30.6 Å². The molecule has 0 spiro atoms. The molecule has 13 heavy (non-hydrogen) atoms. The predicted molar refractivity (Wildman–Crippen MR) is 48.7 cm³/mol. The van der Waals surface area contributed by atoms with Crippen molar-refractivity contribution in [1.82, 2.24) is 19.8 Å². The monoisotopic (exact) mass is 198 g/mol. The largest absolute Gasteiger partial charge is 0.389 e. The molecule has 0 aliphatic heterocycles. The molecule has 0 fully saturated rings. The fraction of sp³-hybridized carbons (Fsp3) is 0.571. The highest BCUT2D eigenvalue weighted by atomic mass is 32.1.